The molecule has 2 rings (SSSR count). The van der Waals surface area contributed by atoms with Crippen LogP contribution >= 0.6 is 0 Å². The number of amides is 1. The van der Waals surface area contributed by atoms with Crippen LogP contribution in [0.4, 0.5) is 5.69 Å². The second-order valence-corrected chi connectivity index (χ2v) is 7.21. The molecule has 2 aromatic rings. The van der Waals surface area contributed by atoms with E-state index in [1.165, 1.54) is 31.1 Å². The predicted molar refractivity (Wildman–Crippen MR) is 99.2 cm³/mol. The smallest absolute Gasteiger partial charge is 0.240 e. The van der Waals surface area contributed by atoms with Crippen LogP contribution in [-0.2, 0) is 14.8 Å². The molecule has 0 atom stereocenters. The van der Waals surface area contributed by atoms with Crippen molar-refractivity contribution in [2.75, 3.05) is 32.2 Å². The number of nitrogens with zero attached hydrogens (tertiary/aromatic N) is 1. The molecule has 0 heterocycles. The number of methoxy groups -OCH3 is 2. The number of rotatable bonds is 8. The zero-order chi connectivity index (χ0) is 19.2. The third-order valence-corrected chi connectivity index (χ3v) is 5.24. The first-order valence-electron chi connectivity index (χ1n) is 7.93. The fourth-order valence-electron chi connectivity index (χ4n) is 2.36. The van der Waals surface area contributed by atoms with Gasteiger partial charge in [0.15, 0.2) is 0 Å². The van der Waals surface area contributed by atoms with E-state index in [0.29, 0.717) is 17.2 Å². The molecule has 2 aromatic carbocycles. The van der Waals surface area contributed by atoms with Crippen LogP contribution in [0.1, 0.15) is 6.92 Å². The Bertz CT molecular complexity index is 833. The number of anilines is 1. The van der Waals surface area contributed by atoms with E-state index in [-0.39, 0.29) is 23.9 Å². The van der Waals surface area contributed by atoms with Crippen molar-refractivity contribution < 1.29 is 22.7 Å². The normalized spacial score (nSPS) is 11.0. The highest BCUT2D eigenvalue weighted by Crippen LogP contribution is 2.19. The van der Waals surface area contributed by atoms with Crippen molar-refractivity contribution in [3.8, 4) is 11.5 Å². The second-order valence-electron chi connectivity index (χ2n) is 5.44. The first-order chi connectivity index (χ1) is 12.4. The van der Waals surface area contributed by atoms with E-state index in [1.54, 1.807) is 43.5 Å². The Morgan fingerprint density at radius 3 is 1.92 bits per heavy atom. The van der Waals surface area contributed by atoms with Gasteiger partial charge in [-0.3, -0.25) is 4.79 Å². The summed E-state index contributed by atoms with van der Waals surface area (Å²) in [7, 11) is -0.591. The van der Waals surface area contributed by atoms with E-state index in [0.717, 1.165) is 0 Å². The minimum atomic E-state index is -3.66. The minimum Gasteiger partial charge on any atom is -0.497 e. The molecule has 0 aliphatic carbocycles. The molecular weight excluding hydrogens is 356 g/mol. The van der Waals surface area contributed by atoms with Gasteiger partial charge >= 0.3 is 0 Å². The number of ether oxygens (including phenoxy) is 2. The third-order valence-electron chi connectivity index (χ3n) is 3.76. The number of benzene rings is 2. The lowest BCUT2D eigenvalue weighted by molar-refractivity contribution is -0.116. The van der Waals surface area contributed by atoms with Gasteiger partial charge in [0, 0.05) is 25.7 Å². The molecule has 8 heteroatoms. The average Bonchev–Trinajstić information content (AvgIpc) is 2.65. The van der Waals surface area contributed by atoms with E-state index in [4.69, 9.17) is 9.47 Å². The molecule has 1 N–H and O–H groups in total. The lowest BCUT2D eigenvalue weighted by Gasteiger charge is -2.21. The molecule has 0 unspecified atom stereocenters. The van der Waals surface area contributed by atoms with Crippen molar-refractivity contribution in [1.29, 1.82) is 0 Å². The van der Waals surface area contributed by atoms with Gasteiger partial charge in [-0.25, -0.2) is 13.1 Å². The van der Waals surface area contributed by atoms with Crippen molar-refractivity contribution >= 4 is 21.6 Å². The maximum absolute atomic E-state index is 12.3. The topological polar surface area (TPSA) is 84.9 Å². The SMILES string of the molecule is COc1ccc(N(CCNS(=O)(=O)c2ccc(OC)cc2)C(C)=O)cc1. The summed E-state index contributed by atoms with van der Waals surface area (Å²) in [6.07, 6.45) is 0. The Morgan fingerprint density at radius 1 is 0.962 bits per heavy atom. The molecule has 7 nitrogen and oxygen atoms in total. The molecule has 0 radical (unpaired) electrons. The zero-order valence-electron chi connectivity index (χ0n) is 14.9. The number of hydrogen-bond donors (Lipinski definition) is 1. The van der Waals surface area contributed by atoms with Crippen molar-refractivity contribution in [2.45, 2.75) is 11.8 Å². The van der Waals surface area contributed by atoms with Gasteiger partial charge < -0.3 is 14.4 Å². The minimum absolute atomic E-state index is 0.0833. The number of carbonyl (C=O) groups excluding carboxylic acids is 1. The standard InChI is InChI=1S/C18H22N2O5S/c1-14(21)20(15-4-6-16(24-2)7-5-15)13-12-19-26(22,23)18-10-8-17(25-3)9-11-18/h4-11,19H,12-13H2,1-3H3. The summed E-state index contributed by atoms with van der Waals surface area (Å²) >= 11 is 0. The fourth-order valence-corrected chi connectivity index (χ4v) is 3.38. The van der Waals surface area contributed by atoms with E-state index < -0.39 is 10.0 Å². The lowest BCUT2D eigenvalue weighted by Crippen LogP contribution is -2.37. The Hall–Kier alpha value is -2.58. The largest absolute Gasteiger partial charge is 0.497 e. The highest BCUT2D eigenvalue weighted by atomic mass is 32.2. The van der Waals surface area contributed by atoms with Crippen molar-refractivity contribution in [3.63, 3.8) is 0 Å². The van der Waals surface area contributed by atoms with Gasteiger partial charge in [0.05, 0.1) is 19.1 Å². The molecule has 0 aliphatic rings. The highest BCUT2D eigenvalue weighted by molar-refractivity contribution is 7.89. The van der Waals surface area contributed by atoms with Crippen LogP contribution in [0.5, 0.6) is 11.5 Å². The van der Waals surface area contributed by atoms with Crippen LogP contribution < -0.4 is 19.1 Å². The van der Waals surface area contributed by atoms with Gasteiger partial charge in [-0.05, 0) is 48.5 Å². The lowest BCUT2D eigenvalue weighted by atomic mass is 10.2. The molecule has 0 saturated carbocycles. The van der Waals surface area contributed by atoms with E-state index in [1.807, 2.05) is 0 Å². The molecule has 0 aliphatic heterocycles. The monoisotopic (exact) mass is 378 g/mol. The predicted octanol–water partition coefficient (Wildman–Crippen LogP) is 2.04. The summed E-state index contributed by atoms with van der Waals surface area (Å²) in [5, 5.41) is 0. The number of sulfonamides is 1. The van der Waals surface area contributed by atoms with Crippen molar-refractivity contribution in [1.82, 2.24) is 4.72 Å². The summed E-state index contributed by atoms with van der Waals surface area (Å²) in [6, 6.07) is 13.1. The molecule has 26 heavy (non-hydrogen) atoms. The Morgan fingerprint density at radius 2 is 1.46 bits per heavy atom. The molecule has 0 spiro atoms. The van der Waals surface area contributed by atoms with Gasteiger partial charge in [-0.2, -0.15) is 0 Å². The van der Waals surface area contributed by atoms with Crippen molar-refractivity contribution in [2.24, 2.45) is 0 Å². The number of nitrogens with one attached hydrogen (secondary N) is 1. The van der Waals surface area contributed by atoms with E-state index in [9.17, 15) is 13.2 Å². The summed E-state index contributed by atoms with van der Waals surface area (Å²) in [5.74, 6) is 1.07. The van der Waals surface area contributed by atoms with Crippen molar-refractivity contribution in [3.05, 3.63) is 48.5 Å². The van der Waals surface area contributed by atoms with Gasteiger partial charge in [-0.15, -0.1) is 0 Å². The van der Waals surface area contributed by atoms with Crippen LogP contribution in [0.25, 0.3) is 0 Å². The molecule has 0 saturated heterocycles. The van der Waals surface area contributed by atoms with E-state index in [2.05, 4.69) is 4.72 Å². The van der Waals surface area contributed by atoms with Crippen LogP contribution in [0.2, 0.25) is 0 Å². The maximum atomic E-state index is 12.3. The zero-order valence-corrected chi connectivity index (χ0v) is 15.7. The molecule has 140 valence electrons. The number of hydrogen-bond acceptors (Lipinski definition) is 5. The molecule has 0 aromatic heterocycles. The Labute approximate surface area is 153 Å². The summed E-state index contributed by atoms with van der Waals surface area (Å²) in [6.45, 7) is 1.72. The van der Waals surface area contributed by atoms with Crippen LogP contribution in [0.3, 0.4) is 0 Å². The quantitative estimate of drug-likeness (QED) is 0.760. The average molecular weight is 378 g/mol. The summed E-state index contributed by atoms with van der Waals surface area (Å²) in [5.41, 5.74) is 0.668. The fraction of sp³-hybridized carbons (Fsp3) is 0.278. The molecule has 1 amide bonds. The van der Waals surface area contributed by atoms with Crippen LogP contribution in [-0.4, -0.2) is 41.6 Å². The van der Waals surface area contributed by atoms with E-state index >= 15 is 0 Å². The van der Waals surface area contributed by atoms with Gasteiger partial charge in [0.2, 0.25) is 15.9 Å². The third kappa shape index (κ3) is 4.96. The maximum Gasteiger partial charge on any atom is 0.240 e. The highest BCUT2D eigenvalue weighted by Gasteiger charge is 2.16. The van der Waals surface area contributed by atoms with Gasteiger partial charge in [0.25, 0.3) is 0 Å². The first kappa shape index (κ1) is 19.7. The summed E-state index contributed by atoms with van der Waals surface area (Å²) < 4.78 is 37.3. The number of carbonyl (C=O) groups is 1. The summed E-state index contributed by atoms with van der Waals surface area (Å²) in [4.78, 5) is 13.5. The van der Waals surface area contributed by atoms with Gasteiger partial charge in [0.1, 0.15) is 11.5 Å². The van der Waals surface area contributed by atoms with Gasteiger partial charge in [-0.1, -0.05) is 0 Å². The molecule has 0 bridgehead atoms. The molecular formula is C18H22N2O5S. The molecule has 0 fully saturated rings. The van der Waals surface area contributed by atoms with Crippen LogP contribution in [0.15, 0.2) is 53.4 Å². The first-order valence-corrected chi connectivity index (χ1v) is 9.41. The Balaban J connectivity index is 2.03. The second kappa shape index (κ2) is 8.68. The Kier molecular flexibility index (Phi) is 6.59. The van der Waals surface area contributed by atoms with Crippen LogP contribution in [0, 0.1) is 0 Å².